The Balaban J connectivity index is 2.01. The predicted octanol–water partition coefficient (Wildman–Crippen LogP) is 3.05. The molecule has 2 rings (SSSR count). The van der Waals surface area contributed by atoms with Crippen LogP contribution >= 0.6 is 11.6 Å². The summed E-state index contributed by atoms with van der Waals surface area (Å²) in [6, 6.07) is 1.92. The van der Waals surface area contributed by atoms with E-state index in [0.717, 1.165) is 18.7 Å². The van der Waals surface area contributed by atoms with Gasteiger partial charge in [-0.3, -0.25) is 0 Å². The van der Waals surface area contributed by atoms with Gasteiger partial charge in [0.25, 0.3) is 0 Å². The number of nitrogens with zero attached hydrogens (tertiary/aromatic N) is 1. The molecule has 114 valence electrons. The Morgan fingerprint density at radius 1 is 1.29 bits per heavy atom. The summed E-state index contributed by atoms with van der Waals surface area (Å²) in [7, 11) is 1.63. The quantitative estimate of drug-likeness (QED) is 0.630. The van der Waals surface area contributed by atoms with Gasteiger partial charge in [0.1, 0.15) is 11.6 Å². The third-order valence-electron chi connectivity index (χ3n) is 2.83. The van der Waals surface area contributed by atoms with Gasteiger partial charge in [-0.1, -0.05) is 11.6 Å². The van der Waals surface area contributed by atoms with Crippen molar-refractivity contribution in [2.24, 2.45) is 0 Å². The first-order valence-electron chi connectivity index (χ1n) is 6.41. The van der Waals surface area contributed by atoms with Crippen molar-refractivity contribution in [2.75, 3.05) is 26.8 Å². The first kappa shape index (κ1) is 15.9. The van der Waals surface area contributed by atoms with E-state index in [1.165, 1.54) is 6.20 Å². The number of ether oxygens (including phenoxy) is 1. The van der Waals surface area contributed by atoms with Crippen molar-refractivity contribution in [1.29, 1.82) is 0 Å². The van der Waals surface area contributed by atoms with Crippen LogP contribution in [0.2, 0.25) is 5.02 Å². The molecule has 0 amide bonds. The Morgan fingerprint density at radius 2 is 2.10 bits per heavy atom. The molecular formula is C14H15ClF2N2O2. The number of hydrogen-bond acceptors (Lipinski definition) is 4. The SMILES string of the molecule is COCCNCCc1ncc(-c2cc(F)c(Cl)cc2F)o1. The molecule has 21 heavy (non-hydrogen) atoms. The highest BCUT2D eigenvalue weighted by Crippen LogP contribution is 2.28. The Labute approximate surface area is 126 Å². The second-order valence-electron chi connectivity index (χ2n) is 4.36. The predicted molar refractivity (Wildman–Crippen MR) is 75.3 cm³/mol. The van der Waals surface area contributed by atoms with Crippen molar-refractivity contribution in [3.8, 4) is 11.3 Å². The summed E-state index contributed by atoms with van der Waals surface area (Å²) >= 11 is 5.51. The number of halogens is 3. The number of hydrogen-bond donors (Lipinski definition) is 1. The maximum Gasteiger partial charge on any atom is 0.196 e. The fraction of sp³-hybridized carbons (Fsp3) is 0.357. The van der Waals surface area contributed by atoms with Crippen molar-refractivity contribution in [3.05, 3.63) is 40.9 Å². The molecule has 0 saturated heterocycles. The van der Waals surface area contributed by atoms with Crippen LogP contribution < -0.4 is 5.32 Å². The van der Waals surface area contributed by atoms with Crippen LogP contribution in [0.4, 0.5) is 8.78 Å². The molecule has 1 heterocycles. The molecule has 1 aromatic carbocycles. The molecule has 0 atom stereocenters. The summed E-state index contributed by atoms with van der Waals surface area (Å²) in [5.74, 6) is -0.728. The second-order valence-corrected chi connectivity index (χ2v) is 4.76. The highest BCUT2D eigenvalue weighted by Gasteiger charge is 2.14. The van der Waals surface area contributed by atoms with Crippen LogP contribution in [-0.4, -0.2) is 31.8 Å². The first-order valence-corrected chi connectivity index (χ1v) is 6.79. The van der Waals surface area contributed by atoms with Crippen molar-refractivity contribution < 1.29 is 17.9 Å². The zero-order valence-electron chi connectivity index (χ0n) is 11.5. The van der Waals surface area contributed by atoms with Gasteiger partial charge in [-0.25, -0.2) is 13.8 Å². The van der Waals surface area contributed by atoms with Crippen molar-refractivity contribution in [3.63, 3.8) is 0 Å². The van der Waals surface area contributed by atoms with Crippen LogP contribution in [0.3, 0.4) is 0 Å². The molecule has 1 N–H and O–H groups in total. The molecule has 2 aromatic rings. The van der Waals surface area contributed by atoms with Crippen LogP contribution in [0.15, 0.2) is 22.7 Å². The molecular weight excluding hydrogens is 302 g/mol. The van der Waals surface area contributed by atoms with E-state index < -0.39 is 11.6 Å². The summed E-state index contributed by atoms with van der Waals surface area (Å²) in [6.07, 6.45) is 1.91. The maximum atomic E-state index is 13.8. The fourth-order valence-electron chi connectivity index (χ4n) is 1.76. The number of rotatable bonds is 7. The Morgan fingerprint density at radius 3 is 2.86 bits per heavy atom. The number of benzene rings is 1. The topological polar surface area (TPSA) is 47.3 Å². The molecule has 1 aromatic heterocycles. The molecule has 0 bridgehead atoms. The molecule has 0 aliphatic rings. The standard InChI is InChI=1S/C14H15ClF2N2O2/c1-20-5-4-18-3-2-14-19-8-13(21-14)9-6-12(17)10(15)7-11(9)16/h6-8,18H,2-5H2,1H3. The van der Waals surface area contributed by atoms with Crippen LogP contribution in [0, 0.1) is 11.6 Å². The van der Waals surface area contributed by atoms with E-state index in [1.54, 1.807) is 7.11 Å². The zero-order chi connectivity index (χ0) is 15.2. The Hall–Kier alpha value is -1.50. The summed E-state index contributed by atoms with van der Waals surface area (Å²) in [5, 5.41) is 2.87. The minimum absolute atomic E-state index is 0.00277. The summed E-state index contributed by atoms with van der Waals surface area (Å²) in [4.78, 5) is 4.04. The van der Waals surface area contributed by atoms with Crippen LogP contribution in [0.25, 0.3) is 11.3 Å². The van der Waals surface area contributed by atoms with Crippen LogP contribution in [0.5, 0.6) is 0 Å². The highest BCUT2D eigenvalue weighted by molar-refractivity contribution is 6.30. The second kappa shape index (κ2) is 7.49. The normalized spacial score (nSPS) is 11.0. The van der Waals surface area contributed by atoms with Gasteiger partial charge in [0.15, 0.2) is 11.7 Å². The fourth-order valence-corrected chi connectivity index (χ4v) is 1.91. The maximum absolute atomic E-state index is 13.8. The Kier molecular flexibility index (Phi) is 5.67. The average Bonchev–Trinajstić information content (AvgIpc) is 2.91. The molecule has 0 aliphatic heterocycles. The number of methoxy groups -OCH3 is 1. The third kappa shape index (κ3) is 4.23. The van der Waals surface area contributed by atoms with E-state index in [2.05, 4.69) is 10.3 Å². The van der Waals surface area contributed by atoms with E-state index in [4.69, 9.17) is 20.8 Å². The first-order chi connectivity index (χ1) is 10.1. The van der Waals surface area contributed by atoms with Crippen molar-refractivity contribution in [1.82, 2.24) is 10.3 Å². The lowest BCUT2D eigenvalue weighted by Gasteiger charge is -2.02. The van der Waals surface area contributed by atoms with E-state index in [0.29, 0.717) is 25.5 Å². The third-order valence-corrected chi connectivity index (χ3v) is 3.12. The number of aromatic nitrogens is 1. The molecule has 0 radical (unpaired) electrons. The van der Waals surface area contributed by atoms with Gasteiger partial charge in [-0.05, 0) is 12.1 Å². The van der Waals surface area contributed by atoms with E-state index in [9.17, 15) is 8.78 Å². The zero-order valence-corrected chi connectivity index (χ0v) is 12.2. The van der Waals surface area contributed by atoms with E-state index in [-0.39, 0.29) is 16.3 Å². The van der Waals surface area contributed by atoms with Gasteiger partial charge in [0.05, 0.1) is 23.4 Å². The molecule has 7 heteroatoms. The Bertz CT molecular complexity index is 605. The summed E-state index contributed by atoms with van der Waals surface area (Å²) in [6.45, 7) is 1.99. The monoisotopic (exact) mass is 316 g/mol. The molecule has 0 saturated carbocycles. The summed E-state index contributed by atoms with van der Waals surface area (Å²) in [5.41, 5.74) is 0.00277. The van der Waals surface area contributed by atoms with Crippen molar-refractivity contribution >= 4 is 11.6 Å². The van der Waals surface area contributed by atoms with Gasteiger partial charge in [-0.15, -0.1) is 0 Å². The van der Waals surface area contributed by atoms with Gasteiger partial charge < -0.3 is 14.5 Å². The lowest BCUT2D eigenvalue weighted by atomic mass is 10.1. The molecule has 4 nitrogen and oxygen atoms in total. The van der Waals surface area contributed by atoms with Crippen LogP contribution in [0.1, 0.15) is 5.89 Å². The number of nitrogens with one attached hydrogen (secondary N) is 1. The minimum atomic E-state index is -0.702. The largest absolute Gasteiger partial charge is 0.441 e. The average molecular weight is 317 g/mol. The highest BCUT2D eigenvalue weighted by atomic mass is 35.5. The molecule has 0 unspecified atom stereocenters. The molecule has 0 aliphatic carbocycles. The summed E-state index contributed by atoms with van der Waals surface area (Å²) < 4.78 is 37.5. The number of oxazole rings is 1. The van der Waals surface area contributed by atoms with Crippen molar-refractivity contribution in [2.45, 2.75) is 6.42 Å². The smallest absolute Gasteiger partial charge is 0.196 e. The van der Waals surface area contributed by atoms with E-state index >= 15 is 0 Å². The van der Waals surface area contributed by atoms with Gasteiger partial charge in [-0.2, -0.15) is 0 Å². The van der Waals surface area contributed by atoms with Gasteiger partial charge >= 0.3 is 0 Å². The van der Waals surface area contributed by atoms with Gasteiger partial charge in [0, 0.05) is 26.6 Å². The van der Waals surface area contributed by atoms with E-state index in [1.807, 2.05) is 0 Å². The van der Waals surface area contributed by atoms with Gasteiger partial charge in [0.2, 0.25) is 0 Å². The molecule has 0 fully saturated rings. The minimum Gasteiger partial charge on any atom is -0.441 e. The lowest BCUT2D eigenvalue weighted by molar-refractivity contribution is 0.199. The van der Waals surface area contributed by atoms with Crippen LogP contribution in [-0.2, 0) is 11.2 Å². The molecule has 0 spiro atoms. The lowest BCUT2D eigenvalue weighted by Crippen LogP contribution is -2.21.